The summed E-state index contributed by atoms with van der Waals surface area (Å²) in [7, 11) is 0. The number of carbonyl (C=O) groups excluding carboxylic acids is 1. The van der Waals surface area contributed by atoms with Crippen LogP contribution in [0.1, 0.15) is 31.7 Å². The Bertz CT molecular complexity index is 1400. The number of carbonyl (C=O) groups is 1. The van der Waals surface area contributed by atoms with Crippen LogP contribution in [0, 0.1) is 40.8 Å². The molecule has 0 heterocycles. The number of rotatable bonds is 6. The molecule has 0 spiro atoms. The monoisotopic (exact) mass is 522 g/mol. The van der Waals surface area contributed by atoms with Gasteiger partial charge in [0.25, 0.3) is 0 Å². The molecule has 4 nitrogen and oxygen atoms in total. The zero-order valence-corrected chi connectivity index (χ0v) is 19.4. The van der Waals surface area contributed by atoms with Crippen LogP contribution in [-0.4, -0.2) is 17.7 Å². The molecule has 3 aromatic rings. The predicted molar refractivity (Wildman–Crippen MR) is 122 cm³/mol. The lowest BCUT2D eigenvalue weighted by atomic mass is 9.86. The van der Waals surface area contributed by atoms with Crippen LogP contribution in [0.2, 0.25) is 0 Å². The molecule has 0 aliphatic heterocycles. The Labute approximate surface area is 207 Å². The number of phenolic OH excluding ortho intramolecular Hbond substituents is 1. The van der Waals surface area contributed by atoms with Crippen LogP contribution in [0.15, 0.2) is 42.5 Å². The number of phenols is 1. The molecule has 0 aromatic heterocycles. The lowest BCUT2D eigenvalue weighted by molar-refractivity contribution is -0.139. The average Bonchev–Trinajstić information content (AvgIpc) is 2.89. The minimum absolute atomic E-state index is 0.0535. The van der Waals surface area contributed by atoms with Gasteiger partial charge in [0.1, 0.15) is 0 Å². The Kier molecular flexibility index (Phi) is 7.47. The lowest BCUT2D eigenvalue weighted by Gasteiger charge is -2.21. The maximum atomic E-state index is 15.0. The highest BCUT2D eigenvalue weighted by molar-refractivity contribution is 5.78. The standard InChI is InChI=1S/C27H20F6O4/c1-2-36-19-11-9-17(23(30)25(19)32)16-8-7-15(21(28)22(16)29)13-3-5-14(6-4-13)27(35)37-20-12-10-18(34)24(31)26(20)33/h3,7-12,14,34H,2,4-6H2,1H3. The molecular weight excluding hydrogens is 502 g/mol. The van der Waals surface area contributed by atoms with Crippen molar-refractivity contribution in [3.8, 4) is 28.4 Å². The van der Waals surface area contributed by atoms with E-state index in [2.05, 4.69) is 0 Å². The normalized spacial score (nSPS) is 15.3. The van der Waals surface area contributed by atoms with Gasteiger partial charge in [-0.2, -0.15) is 13.2 Å². The average molecular weight is 522 g/mol. The van der Waals surface area contributed by atoms with Crippen molar-refractivity contribution in [2.24, 2.45) is 5.92 Å². The smallest absolute Gasteiger partial charge is 0.314 e. The summed E-state index contributed by atoms with van der Waals surface area (Å²) in [6.07, 6.45) is 1.83. The highest BCUT2D eigenvalue weighted by atomic mass is 19.2. The summed E-state index contributed by atoms with van der Waals surface area (Å²) in [5, 5.41) is 9.16. The van der Waals surface area contributed by atoms with Gasteiger partial charge in [-0.05, 0) is 56.0 Å². The van der Waals surface area contributed by atoms with E-state index in [4.69, 9.17) is 14.6 Å². The number of hydrogen-bond acceptors (Lipinski definition) is 4. The molecule has 1 unspecified atom stereocenters. The number of esters is 1. The van der Waals surface area contributed by atoms with Crippen molar-refractivity contribution in [2.75, 3.05) is 6.61 Å². The van der Waals surface area contributed by atoms with E-state index < -0.39 is 69.4 Å². The van der Waals surface area contributed by atoms with Gasteiger partial charge in [-0.3, -0.25) is 4.79 Å². The van der Waals surface area contributed by atoms with Gasteiger partial charge in [0.2, 0.25) is 17.5 Å². The van der Waals surface area contributed by atoms with Crippen LogP contribution in [0.4, 0.5) is 26.3 Å². The van der Waals surface area contributed by atoms with Crippen molar-refractivity contribution in [2.45, 2.75) is 26.2 Å². The molecule has 4 rings (SSSR count). The Balaban J connectivity index is 1.53. The SMILES string of the molecule is CCOc1ccc(-c2ccc(C3=CCC(C(=O)Oc4ccc(O)c(F)c4F)CC3)c(F)c2F)c(F)c1F. The third-order valence-electron chi connectivity index (χ3n) is 6.05. The molecule has 1 atom stereocenters. The van der Waals surface area contributed by atoms with E-state index in [1.807, 2.05) is 0 Å². The van der Waals surface area contributed by atoms with Crippen LogP contribution < -0.4 is 9.47 Å². The molecule has 37 heavy (non-hydrogen) atoms. The van der Waals surface area contributed by atoms with Crippen molar-refractivity contribution in [3.05, 3.63) is 82.9 Å². The number of allylic oxidation sites excluding steroid dienone is 2. The Morgan fingerprint density at radius 2 is 1.38 bits per heavy atom. The van der Waals surface area contributed by atoms with Gasteiger partial charge >= 0.3 is 5.97 Å². The maximum absolute atomic E-state index is 15.0. The summed E-state index contributed by atoms with van der Waals surface area (Å²) in [4.78, 5) is 12.4. The van der Waals surface area contributed by atoms with E-state index in [9.17, 15) is 31.1 Å². The lowest BCUT2D eigenvalue weighted by Crippen LogP contribution is -2.22. The fraction of sp³-hybridized carbons (Fsp3) is 0.222. The summed E-state index contributed by atoms with van der Waals surface area (Å²) >= 11 is 0. The van der Waals surface area contributed by atoms with Crippen molar-refractivity contribution in [1.29, 1.82) is 0 Å². The Morgan fingerprint density at radius 1 is 0.811 bits per heavy atom. The highest BCUT2D eigenvalue weighted by Crippen LogP contribution is 2.37. The van der Waals surface area contributed by atoms with Crippen LogP contribution in [0.3, 0.4) is 0 Å². The summed E-state index contributed by atoms with van der Waals surface area (Å²) in [5.74, 6) is -12.0. The van der Waals surface area contributed by atoms with Crippen molar-refractivity contribution < 1.29 is 45.7 Å². The van der Waals surface area contributed by atoms with E-state index in [0.29, 0.717) is 5.57 Å². The fourth-order valence-electron chi connectivity index (χ4n) is 4.10. The quantitative estimate of drug-likeness (QED) is 0.214. The minimum Gasteiger partial charge on any atom is -0.505 e. The molecule has 10 heteroatoms. The molecule has 0 bridgehead atoms. The first-order chi connectivity index (χ1) is 17.6. The number of benzene rings is 3. The molecule has 1 aliphatic carbocycles. The summed E-state index contributed by atoms with van der Waals surface area (Å²) in [5.41, 5.74) is -0.664. The van der Waals surface area contributed by atoms with E-state index in [1.54, 1.807) is 6.92 Å². The maximum Gasteiger partial charge on any atom is 0.314 e. The summed E-state index contributed by atoms with van der Waals surface area (Å²) in [6, 6.07) is 6.35. The van der Waals surface area contributed by atoms with Gasteiger partial charge in [0.15, 0.2) is 34.7 Å². The molecule has 1 N–H and O–H groups in total. The molecule has 194 valence electrons. The molecule has 3 aromatic carbocycles. The van der Waals surface area contributed by atoms with Crippen LogP contribution in [-0.2, 0) is 4.79 Å². The molecular formula is C27H20F6O4. The number of hydrogen-bond donors (Lipinski definition) is 1. The fourth-order valence-corrected chi connectivity index (χ4v) is 4.10. The number of ether oxygens (including phenoxy) is 2. The second-order valence-electron chi connectivity index (χ2n) is 8.29. The zero-order valence-electron chi connectivity index (χ0n) is 19.4. The van der Waals surface area contributed by atoms with Crippen molar-refractivity contribution in [3.63, 3.8) is 0 Å². The van der Waals surface area contributed by atoms with Gasteiger partial charge in [0, 0.05) is 16.7 Å². The Hall–Kier alpha value is -3.95. The Morgan fingerprint density at radius 3 is 2.03 bits per heavy atom. The molecule has 0 radical (unpaired) electrons. The molecule has 0 saturated carbocycles. The molecule has 1 aliphatic rings. The van der Waals surface area contributed by atoms with Crippen LogP contribution in [0.5, 0.6) is 17.2 Å². The van der Waals surface area contributed by atoms with Crippen LogP contribution in [0.25, 0.3) is 16.7 Å². The van der Waals surface area contributed by atoms with E-state index in [-0.39, 0.29) is 37.2 Å². The van der Waals surface area contributed by atoms with Gasteiger partial charge < -0.3 is 14.6 Å². The largest absolute Gasteiger partial charge is 0.505 e. The van der Waals surface area contributed by atoms with Gasteiger partial charge in [-0.25, -0.2) is 13.2 Å². The van der Waals surface area contributed by atoms with Crippen molar-refractivity contribution >= 4 is 11.5 Å². The van der Waals surface area contributed by atoms with E-state index in [1.165, 1.54) is 12.1 Å². The second kappa shape index (κ2) is 10.6. The van der Waals surface area contributed by atoms with Crippen LogP contribution >= 0.6 is 0 Å². The number of halogens is 6. The van der Waals surface area contributed by atoms with E-state index in [0.717, 1.165) is 30.3 Å². The third kappa shape index (κ3) is 5.00. The highest BCUT2D eigenvalue weighted by Gasteiger charge is 2.28. The first-order valence-corrected chi connectivity index (χ1v) is 11.3. The molecule has 0 saturated heterocycles. The third-order valence-corrected chi connectivity index (χ3v) is 6.05. The first-order valence-electron chi connectivity index (χ1n) is 11.3. The van der Waals surface area contributed by atoms with Crippen molar-refractivity contribution in [1.82, 2.24) is 0 Å². The predicted octanol–water partition coefficient (Wildman–Crippen LogP) is 7.08. The second-order valence-corrected chi connectivity index (χ2v) is 8.29. The van der Waals surface area contributed by atoms with Gasteiger partial charge in [-0.15, -0.1) is 0 Å². The van der Waals surface area contributed by atoms with Gasteiger partial charge in [-0.1, -0.05) is 18.2 Å². The van der Waals surface area contributed by atoms with E-state index >= 15 is 0 Å². The minimum atomic E-state index is -1.55. The van der Waals surface area contributed by atoms with Gasteiger partial charge in [0.05, 0.1) is 12.5 Å². The summed E-state index contributed by atoms with van der Waals surface area (Å²) < 4.78 is 95.9. The zero-order chi connectivity index (χ0) is 26.9. The topological polar surface area (TPSA) is 55.8 Å². The molecule has 0 fully saturated rings. The number of aromatic hydroxyl groups is 1. The summed E-state index contributed by atoms with van der Waals surface area (Å²) in [6.45, 7) is 1.67. The molecule has 0 amide bonds. The first kappa shape index (κ1) is 26.1.